The second-order valence-electron chi connectivity index (χ2n) is 5.86. The highest BCUT2D eigenvalue weighted by atomic mass is 32.1. The van der Waals surface area contributed by atoms with E-state index in [0.29, 0.717) is 28.9 Å². The zero-order valence-corrected chi connectivity index (χ0v) is 14.7. The molecule has 3 heterocycles. The quantitative estimate of drug-likeness (QED) is 0.537. The van der Waals surface area contributed by atoms with Gasteiger partial charge in [0, 0.05) is 0 Å². The van der Waals surface area contributed by atoms with Gasteiger partial charge in [0.25, 0.3) is 0 Å². The number of benzene rings is 2. The van der Waals surface area contributed by atoms with Crippen molar-refractivity contribution in [2.75, 3.05) is 6.61 Å². The van der Waals surface area contributed by atoms with Crippen LogP contribution in [0.25, 0.3) is 4.96 Å². The van der Waals surface area contributed by atoms with Crippen molar-refractivity contribution in [3.8, 4) is 17.2 Å². The normalized spacial score (nSPS) is 15.8. The molecule has 0 N–H and O–H groups in total. The lowest BCUT2D eigenvalue weighted by atomic mass is 10.3. The zero-order chi connectivity index (χ0) is 18.2. The molecular formula is C18H13FN4O3S. The molecule has 0 fully saturated rings. The van der Waals surface area contributed by atoms with Crippen molar-refractivity contribution in [3.63, 3.8) is 0 Å². The topological polar surface area (TPSA) is 70.8 Å². The molecule has 1 atom stereocenters. The fraction of sp³-hybridized carbons (Fsp3) is 0.167. The molecule has 1 aliphatic heterocycles. The summed E-state index contributed by atoms with van der Waals surface area (Å²) in [5, 5.41) is 13.5. The van der Waals surface area contributed by atoms with E-state index in [0.717, 1.165) is 10.8 Å². The second kappa shape index (κ2) is 6.51. The number of hydrogen-bond acceptors (Lipinski definition) is 7. The lowest BCUT2D eigenvalue weighted by Gasteiger charge is -2.24. The first-order valence-corrected chi connectivity index (χ1v) is 9.06. The number of aromatic nitrogens is 4. The number of hydrogen-bond donors (Lipinski definition) is 0. The van der Waals surface area contributed by atoms with E-state index in [9.17, 15) is 4.39 Å². The number of nitrogens with zero attached hydrogens (tertiary/aromatic N) is 4. The molecule has 0 bridgehead atoms. The summed E-state index contributed by atoms with van der Waals surface area (Å²) in [4.78, 5) is 0.644. The van der Waals surface area contributed by atoms with Crippen LogP contribution in [0.4, 0.5) is 4.39 Å². The average Bonchev–Trinajstić information content (AvgIpc) is 3.28. The Bertz CT molecular complexity index is 1100. The van der Waals surface area contributed by atoms with Gasteiger partial charge < -0.3 is 14.2 Å². The van der Waals surface area contributed by atoms with Gasteiger partial charge in [0.15, 0.2) is 28.4 Å². The highest BCUT2D eigenvalue weighted by Crippen LogP contribution is 2.36. The van der Waals surface area contributed by atoms with Gasteiger partial charge in [0.1, 0.15) is 24.8 Å². The monoisotopic (exact) mass is 384 g/mol. The molecule has 9 heteroatoms. The molecule has 7 nitrogen and oxygen atoms in total. The van der Waals surface area contributed by atoms with Crippen LogP contribution in [0, 0.1) is 5.82 Å². The van der Waals surface area contributed by atoms with Gasteiger partial charge in [-0.15, -0.1) is 10.2 Å². The zero-order valence-electron chi connectivity index (χ0n) is 13.9. The summed E-state index contributed by atoms with van der Waals surface area (Å²) in [7, 11) is 0. The molecule has 136 valence electrons. The van der Waals surface area contributed by atoms with Crippen LogP contribution in [-0.2, 0) is 6.61 Å². The largest absolute Gasteiger partial charge is 0.486 e. The van der Waals surface area contributed by atoms with Crippen LogP contribution in [0.5, 0.6) is 17.2 Å². The SMILES string of the molecule is Fc1ccc(OCc2nnc3sc([C@@H]4COc5ccccc5O4)nn23)cc1. The summed E-state index contributed by atoms with van der Waals surface area (Å²) in [6.45, 7) is 0.545. The Morgan fingerprint density at radius 2 is 1.93 bits per heavy atom. The van der Waals surface area contributed by atoms with Gasteiger partial charge in [0.2, 0.25) is 4.96 Å². The van der Waals surface area contributed by atoms with E-state index in [2.05, 4.69) is 15.3 Å². The first-order valence-electron chi connectivity index (χ1n) is 8.24. The molecule has 4 aromatic rings. The van der Waals surface area contributed by atoms with E-state index in [1.54, 1.807) is 16.6 Å². The minimum Gasteiger partial charge on any atom is -0.486 e. The summed E-state index contributed by atoms with van der Waals surface area (Å²) < 4.78 is 32.0. The standard InChI is InChI=1S/C18H13FN4O3S/c19-11-5-7-12(8-6-11)24-10-16-20-21-18-23(16)22-17(27-18)15-9-25-13-3-1-2-4-14(13)26-15/h1-8,15H,9-10H2/t15-/m0/s1. The van der Waals surface area contributed by atoms with E-state index in [-0.39, 0.29) is 18.5 Å². The van der Waals surface area contributed by atoms with Crippen molar-refractivity contribution >= 4 is 16.3 Å². The Morgan fingerprint density at radius 1 is 1.11 bits per heavy atom. The second-order valence-corrected chi connectivity index (χ2v) is 6.85. The molecule has 0 unspecified atom stereocenters. The highest BCUT2D eigenvalue weighted by Gasteiger charge is 2.26. The molecule has 0 radical (unpaired) electrons. The highest BCUT2D eigenvalue weighted by molar-refractivity contribution is 7.16. The third kappa shape index (κ3) is 3.06. The van der Waals surface area contributed by atoms with E-state index in [1.807, 2.05) is 24.3 Å². The van der Waals surface area contributed by atoms with Gasteiger partial charge >= 0.3 is 0 Å². The van der Waals surface area contributed by atoms with Gasteiger partial charge in [-0.05, 0) is 36.4 Å². The maximum Gasteiger partial charge on any atom is 0.234 e. The number of ether oxygens (including phenoxy) is 3. The number of para-hydroxylation sites is 2. The minimum absolute atomic E-state index is 0.167. The maximum absolute atomic E-state index is 13.0. The molecule has 0 amide bonds. The van der Waals surface area contributed by atoms with Crippen LogP contribution in [0.1, 0.15) is 16.9 Å². The van der Waals surface area contributed by atoms with E-state index in [4.69, 9.17) is 14.2 Å². The number of halogens is 1. The van der Waals surface area contributed by atoms with E-state index >= 15 is 0 Å². The molecule has 5 rings (SSSR count). The van der Waals surface area contributed by atoms with Crippen LogP contribution in [0.15, 0.2) is 48.5 Å². The van der Waals surface area contributed by atoms with Crippen LogP contribution in [-0.4, -0.2) is 26.4 Å². The number of fused-ring (bicyclic) bond motifs is 2. The first kappa shape index (κ1) is 16.0. The molecule has 27 heavy (non-hydrogen) atoms. The Hall–Kier alpha value is -3.20. The minimum atomic E-state index is -0.312. The van der Waals surface area contributed by atoms with E-state index in [1.165, 1.54) is 23.5 Å². The fourth-order valence-electron chi connectivity index (χ4n) is 2.71. The lowest BCUT2D eigenvalue weighted by Crippen LogP contribution is -2.21. The third-order valence-corrected chi connectivity index (χ3v) is 5.03. The Morgan fingerprint density at radius 3 is 2.78 bits per heavy atom. The smallest absolute Gasteiger partial charge is 0.234 e. The molecular weight excluding hydrogens is 371 g/mol. The maximum atomic E-state index is 13.0. The Kier molecular flexibility index (Phi) is 3.86. The summed E-state index contributed by atoms with van der Waals surface area (Å²) in [6.07, 6.45) is -0.308. The van der Waals surface area contributed by atoms with Crippen molar-refractivity contribution in [2.45, 2.75) is 12.7 Å². The van der Waals surface area contributed by atoms with Crippen molar-refractivity contribution in [1.82, 2.24) is 19.8 Å². The van der Waals surface area contributed by atoms with Gasteiger partial charge in [-0.25, -0.2) is 4.39 Å². The van der Waals surface area contributed by atoms with Gasteiger partial charge in [-0.2, -0.15) is 9.61 Å². The predicted molar refractivity (Wildman–Crippen MR) is 94.7 cm³/mol. The average molecular weight is 384 g/mol. The number of rotatable bonds is 4. The molecule has 2 aromatic carbocycles. The summed E-state index contributed by atoms with van der Waals surface area (Å²) in [5.74, 6) is 2.20. The predicted octanol–water partition coefficient (Wildman–Crippen LogP) is 3.42. The molecule has 0 spiro atoms. The third-order valence-electron chi connectivity index (χ3n) is 4.04. The molecule has 0 saturated carbocycles. The van der Waals surface area contributed by atoms with Crippen LogP contribution >= 0.6 is 11.3 Å². The molecule has 1 aliphatic rings. The molecule has 0 saturated heterocycles. The van der Waals surface area contributed by atoms with Gasteiger partial charge in [0.05, 0.1) is 0 Å². The van der Waals surface area contributed by atoms with Crippen LogP contribution in [0.3, 0.4) is 0 Å². The fourth-order valence-corrected chi connectivity index (χ4v) is 3.58. The summed E-state index contributed by atoms with van der Waals surface area (Å²) in [6, 6.07) is 13.3. The molecule has 2 aromatic heterocycles. The van der Waals surface area contributed by atoms with Gasteiger partial charge in [-0.3, -0.25) is 0 Å². The molecule has 0 aliphatic carbocycles. The Labute approximate surface area is 156 Å². The summed E-state index contributed by atoms with van der Waals surface area (Å²) >= 11 is 1.39. The summed E-state index contributed by atoms with van der Waals surface area (Å²) in [5.41, 5.74) is 0. The van der Waals surface area contributed by atoms with Crippen LogP contribution in [0.2, 0.25) is 0 Å². The Balaban J connectivity index is 1.35. The van der Waals surface area contributed by atoms with Crippen molar-refractivity contribution in [2.24, 2.45) is 0 Å². The van der Waals surface area contributed by atoms with Crippen molar-refractivity contribution in [3.05, 3.63) is 65.2 Å². The van der Waals surface area contributed by atoms with E-state index < -0.39 is 0 Å². The van der Waals surface area contributed by atoms with Crippen molar-refractivity contribution < 1.29 is 18.6 Å². The van der Waals surface area contributed by atoms with Crippen molar-refractivity contribution in [1.29, 1.82) is 0 Å². The van der Waals surface area contributed by atoms with Gasteiger partial charge in [-0.1, -0.05) is 23.5 Å². The lowest BCUT2D eigenvalue weighted by molar-refractivity contribution is 0.0903. The van der Waals surface area contributed by atoms with Crippen LogP contribution < -0.4 is 14.2 Å². The first-order chi connectivity index (χ1) is 13.3.